The first-order valence-corrected chi connectivity index (χ1v) is 7.05. The van der Waals surface area contributed by atoms with Gasteiger partial charge in [0.15, 0.2) is 0 Å². The molecule has 0 bridgehead atoms. The van der Waals surface area contributed by atoms with E-state index in [1.54, 1.807) is 7.11 Å². The van der Waals surface area contributed by atoms with Gasteiger partial charge in [0.05, 0.1) is 17.3 Å². The summed E-state index contributed by atoms with van der Waals surface area (Å²) in [6.07, 6.45) is 6.33. The average molecular weight is 269 g/mol. The van der Waals surface area contributed by atoms with E-state index >= 15 is 0 Å². The Labute approximate surface area is 118 Å². The predicted molar refractivity (Wildman–Crippen MR) is 82.1 cm³/mol. The summed E-state index contributed by atoms with van der Waals surface area (Å²) < 4.78 is 5.37. The highest BCUT2D eigenvalue weighted by Crippen LogP contribution is 2.22. The van der Waals surface area contributed by atoms with Crippen LogP contribution >= 0.6 is 0 Å². The fourth-order valence-corrected chi connectivity index (χ4v) is 2.61. The van der Waals surface area contributed by atoms with Crippen molar-refractivity contribution in [2.24, 2.45) is 5.10 Å². The topological polar surface area (TPSA) is 46.5 Å². The Balaban J connectivity index is 1.74. The van der Waals surface area contributed by atoms with Gasteiger partial charge in [0.25, 0.3) is 0 Å². The van der Waals surface area contributed by atoms with Gasteiger partial charge in [0.2, 0.25) is 0 Å². The number of hydrogen-bond donors (Lipinski definition) is 1. The third kappa shape index (κ3) is 2.80. The van der Waals surface area contributed by atoms with Crippen LogP contribution in [0, 0.1) is 0 Å². The van der Waals surface area contributed by atoms with Crippen LogP contribution in [0.15, 0.2) is 41.6 Å². The molecule has 1 aromatic heterocycles. The molecule has 2 aromatic rings. The molecule has 0 unspecified atom stereocenters. The zero-order valence-electron chi connectivity index (χ0n) is 11.7. The molecule has 4 heteroatoms. The van der Waals surface area contributed by atoms with Crippen LogP contribution in [-0.4, -0.2) is 23.9 Å². The lowest BCUT2D eigenvalue weighted by atomic mass is 9.96. The van der Waals surface area contributed by atoms with Crippen molar-refractivity contribution in [1.82, 2.24) is 4.98 Å². The van der Waals surface area contributed by atoms with Gasteiger partial charge in [-0.15, -0.1) is 0 Å². The van der Waals surface area contributed by atoms with Crippen LogP contribution in [0.4, 0.5) is 5.69 Å². The number of nitrogens with zero attached hydrogens (tertiary/aromatic N) is 2. The van der Waals surface area contributed by atoms with Crippen LogP contribution in [0.3, 0.4) is 0 Å². The molecule has 0 saturated heterocycles. The van der Waals surface area contributed by atoms with E-state index in [1.807, 2.05) is 24.4 Å². The molecule has 0 atom stereocenters. The summed E-state index contributed by atoms with van der Waals surface area (Å²) in [5.41, 5.74) is 6.31. The number of nitrogens with one attached hydrogen (secondary N) is 1. The Morgan fingerprint density at radius 3 is 2.80 bits per heavy atom. The lowest BCUT2D eigenvalue weighted by molar-refractivity contribution is 0.0863. The third-order valence-corrected chi connectivity index (χ3v) is 3.81. The lowest BCUT2D eigenvalue weighted by Gasteiger charge is -2.21. The molecule has 20 heavy (non-hydrogen) atoms. The maximum atomic E-state index is 5.37. The van der Waals surface area contributed by atoms with Crippen LogP contribution in [0.2, 0.25) is 0 Å². The van der Waals surface area contributed by atoms with E-state index in [0.717, 1.165) is 42.3 Å². The highest BCUT2D eigenvalue weighted by Gasteiger charge is 2.16. The van der Waals surface area contributed by atoms with Crippen molar-refractivity contribution in [2.75, 3.05) is 12.5 Å². The van der Waals surface area contributed by atoms with Gasteiger partial charge in [-0.05, 0) is 37.8 Å². The second-order valence-electron chi connectivity index (χ2n) is 5.11. The minimum absolute atomic E-state index is 0.396. The summed E-state index contributed by atoms with van der Waals surface area (Å²) in [5.74, 6) is 0. The molecule has 1 saturated carbocycles. The van der Waals surface area contributed by atoms with Crippen molar-refractivity contribution in [3.8, 4) is 0 Å². The summed E-state index contributed by atoms with van der Waals surface area (Å²) in [5, 5.41) is 5.67. The molecule has 104 valence electrons. The summed E-state index contributed by atoms with van der Waals surface area (Å²) in [7, 11) is 1.78. The Morgan fingerprint density at radius 1 is 1.20 bits per heavy atom. The fourth-order valence-electron chi connectivity index (χ4n) is 2.61. The van der Waals surface area contributed by atoms with Crippen LogP contribution in [0.1, 0.15) is 25.7 Å². The molecule has 1 aliphatic rings. The SMILES string of the molecule is COC1CCC(=NNc2cccc3cccnc23)CC1. The number of methoxy groups -OCH3 is 1. The number of pyridine rings is 1. The van der Waals surface area contributed by atoms with E-state index in [1.165, 1.54) is 5.71 Å². The standard InChI is InChI=1S/C16H19N3O/c1-20-14-9-7-13(8-10-14)18-19-15-6-2-4-12-5-3-11-17-16(12)15/h2-6,11,14,19H,7-10H2,1H3. The van der Waals surface area contributed by atoms with Gasteiger partial charge >= 0.3 is 0 Å². The Kier molecular flexibility index (Phi) is 3.92. The number of hydrogen-bond acceptors (Lipinski definition) is 4. The minimum atomic E-state index is 0.396. The van der Waals surface area contributed by atoms with Crippen molar-refractivity contribution < 1.29 is 4.74 Å². The smallest absolute Gasteiger partial charge is 0.0951 e. The first kappa shape index (κ1) is 13.1. The minimum Gasteiger partial charge on any atom is -0.381 e. The summed E-state index contributed by atoms with van der Waals surface area (Å²) in [6.45, 7) is 0. The van der Waals surface area contributed by atoms with Gasteiger partial charge in [-0.25, -0.2) is 0 Å². The Hall–Kier alpha value is -1.94. The highest BCUT2D eigenvalue weighted by atomic mass is 16.5. The van der Waals surface area contributed by atoms with Gasteiger partial charge in [-0.1, -0.05) is 18.2 Å². The molecule has 1 fully saturated rings. The van der Waals surface area contributed by atoms with Gasteiger partial charge in [-0.2, -0.15) is 5.10 Å². The zero-order chi connectivity index (χ0) is 13.8. The summed E-state index contributed by atoms with van der Waals surface area (Å²) >= 11 is 0. The lowest BCUT2D eigenvalue weighted by Crippen LogP contribution is -2.20. The normalized spacial score (nSPS) is 19.1. The molecular formula is C16H19N3O. The third-order valence-electron chi connectivity index (χ3n) is 3.81. The fraction of sp³-hybridized carbons (Fsp3) is 0.375. The number of hydrazone groups is 1. The second kappa shape index (κ2) is 6.01. The zero-order valence-corrected chi connectivity index (χ0v) is 11.7. The van der Waals surface area contributed by atoms with Crippen molar-refractivity contribution in [2.45, 2.75) is 31.8 Å². The Bertz CT molecular complexity index is 609. The van der Waals surface area contributed by atoms with Crippen LogP contribution in [-0.2, 0) is 4.74 Å². The van der Waals surface area contributed by atoms with Crippen molar-refractivity contribution in [3.63, 3.8) is 0 Å². The first-order valence-electron chi connectivity index (χ1n) is 7.05. The summed E-state index contributed by atoms with van der Waals surface area (Å²) in [6, 6.07) is 10.1. The van der Waals surface area contributed by atoms with Crippen molar-refractivity contribution in [3.05, 3.63) is 36.5 Å². The quantitative estimate of drug-likeness (QED) is 0.866. The number of fused-ring (bicyclic) bond motifs is 1. The molecule has 0 amide bonds. The number of rotatable bonds is 3. The van der Waals surface area contributed by atoms with Crippen LogP contribution in [0.5, 0.6) is 0 Å². The molecule has 1 N–H and O–H groups in total. The van der Waals surface area contributed by atoms with Crippen LogP contribution in [0.25, 0.3) is 10.9 Å². The maximum absolute atomic E-state index is 5.37. The molecule has 1 heterocycles. The van der Waals surface area contributed by atoms with E-state index in [9.17, 15) is 0 Å². The van der Waals surface area contributed by atoms with E-state index < -0.39 is 0 Å². The number of anilines is 1. The van der Waals surface area contributed by atoms with Crippen molar-refractivity contribution >= 4 is 22.3 Å². The maximum Gasteiger partial charge on any atom is 0.0951 e. The van der Waals surface area contributed by atoms with Gasteiger partial charge in [0, 0.05) is 24.4 Å². The molecule has 0 radical (unpaired) electrons. The largest absolute Gasteiger partial charge is 0.381 e. The van der Waals surface area contributed by atoms with Crippen molar-refractivity contribution in [1.29, 1.82) is 0 Å². The average Bonchev–Trinajstić information content (AvgIpc) is 2.53. The summed E-state index contributed by atoms with van der Waals surface area (Å²) in [4.78, 5) is 4.42. The first-order chi connectivity index (χ1) is 9.86. The number of ether oxygens (including phenoxy) is 1. The highest BCUT2D eigenvalue weighted by molar-refractivity contribution is 5.91. The van der Waals surface area contributed by atoms with Gasteiger partial charge < -0.3 is 4.74 Å². The van der Waals surface area contributed by atoms with Crippen LogP contribution < -0.4 is 5.43 Å². The number of benzene rings is 1. The van der Waals surface area contributed by atoms with E-state index in [2.05, 4.69) is 27.6 Å². The predicted octanol–water partition coefficient (Wildman–Crippen LogP) is 3.59. The van der Waals surface area contributed by atoms with Gasteiger partial charge in [-0.3, -0.25) is 10.4 Å². The molecule has 1 aromatic carbocycles. The van der Waals surface area contributed by atoms with E-state index in [0.29, 0.717) is 6.10 Å². The monoisotopic (exact) mass is 269 g/mol. The second-order valence-corrected chi connectivity index (χ2v) is 5.11. The van der Waals surface area contributed by atoms with Gasteiger partial charge in [0.1, 0.15) is 0 Å². The Morgan fingerprint density at radius 2 is 2.00 bits per heavy atom. The number of para-hydroxylation sites is 1. The molecule has 4 nitrogen and oxygen atoms in total. The molecule has 0 spiro atoms. The van der Waals surface area contributed by atoms with E-state index in [-0.39, 0.29) is 0 Å². The molecule has 0 aliphatic heterocycles. The number of aromatic nitrogens is 1. The molecule has 3 rings (SSSR count). The molecule has 1 aliphatic carbocycles. The van der Waals surface area contributed by atoms with E-state index in [4.69, 9.17) is 4.74 Å². The molecular weight excluding hydrogens is 250 g/mol.